The molecule has 54 valence electrons. The normalized spacial score (nSPS) is 31.7. The van der Waals surface area contributed by atoms with Gasteiger partial charge < -0.3 is 10.7 Å². The van der Waals surface area contributed by atoms with Crippen LogP contribution < -0.4 is 5.73 Å². The van der Waals surface area contributed by atoms with Crippen LogP contribution in [0.15, 0.2) is 18.3 Å². The number of hydrogen-bond acceptors (Lipinski definition) is 1. The van der Waals surface area contributed by atoms with E-state index in [4.69, 9.17) is 5.73 Å². The summed E-state index contributed by atoms with van der Waals surface area (Å²) in [6.45, 7) is 0. The molecular formula is C8H12N2. The maximum atomic E-state index is 5.66. The van der Waals surface area contributed by atoms with Gasteiger partial charge in [0, 0.05) is 23.9 Å². The quantitative estimate of drug-likeness (QED) is 0.598. The third-order valence-corrected chi connectivity index (χ3v) is 2.24. The molecule has 3 N–H and O–H groups in total. The molecule has 10 heavy (non-hydrogen) atoms. The maximum Gasteiger partial charge on any atom is 0.0179 e. The highest BCUT2D eigenvalue weighted by Gasteiger charge is 2.27. The van der Waals surface area contributed by atoms with Crippen LogP contribution in [0, 0.1) is 0 Å². The van der Waals surface area contributed by atoms with Crippen molar-refractivity contribution in [1.82, 2.24) is 4.98 Å². The van der Waals surface area contributed by atoms with Gasteiger partial charge in [0.1, 0.15) is 0 Å². The fraction of sp³-hybridized carbons (Fsp3) is 0.500. The second kappa shape index (κ2) is 2.13. The Morgan fingerprint density at radius 2 is 2.30 bits per heavy atom. The van der Waals surface area contributed by atoms with Crippen LogP contribution in [-0.2, 0) is 0 Å². The van der Waals surface area contributed by atoms with E-state index in [0.717, 1.165) is 12.8 Å². The number of hydrogen-bond donors (Lipinski definition) is 2. The fourth-order valence-electron chi connectivity index (χ4n) is 1.51. The van der Waals surface area contributed by atoms with Crippen LogP contribution in [0.3, 0.4) is 0 Å². The van der Waals surface area contributed by atoms with E-state index in [2.05, 4.69) is 11.1 Å². The lowest BCUT2D eigenvalue weighted by Crippen LogP contribution is -2.34. The van der Waals surface area contributed by atoms with E-state index in [-0.39, 0.29) is 0 Å². The van der Waals surface area contributed by atoms with Crippen molar-refractivity contribution in [2.24, 2.45) is 5.73 Å². The van der Waals surface area contributed by atoms with Gasteiger partial charge >= 0.3 is 0 Å². The molecular weight excluding hydrogens is 124 g/mol. The van der Waals surface area contributed by atoms with Crippen LogP contribution in [0.5, 0.6) is 0 Å². The number of aromatic nitrogens is 1. The zero-order chi connectivity index (χ0) is 6.97. The molecule has 0 atom stereocenters. The Morgan fingerprint density at radius 3 is 2.80 bits per heavy atom. The van der Waals surface area contributed by atoms with Gasteiger partial charge in [-0.05, 0) is 25.0 Å². The lowest BCUT2D eigenvalue weighted by molar-refractivity contribution is 0.346. The van der Waals surface area contributed by atoms with Gasteiger partial charge in [-0.15, -0.1) is 0 Å². The Hall–Kier alpha value is -0.760. The highest BCUT2D eigenvalue weighted by Crippen LogP contribution is 2.34. The van der Waals surface area contributed by atoms with Gasteiger partial charge in [0.2, 0.25) is 0 Å². The second-order valence-electron chi connectivity index (χ2n) is 3.05. The maximum absolute atomic E-state index is 5.66. The standard InChI is InChI=1S/C8H12N2/c9-7-4-6(5-7)8-2-1-3-10-8/h1-3,6-7,10H,4-5,9H2. The molecule has 0 aliphatic heterocycles. The van der Waals surface area contributed by atoms with E-state index in [0.29, 0.717) is 12.0 Å². The smallest absolute Gasteiger partial charge is 0.0179 e. The van der Waals surface area contributed by atoms with Crippen LogP contribution in [0.1, 0.15) is 24.5 Å². The highest BCUT2D eigenvalue weighted by atomic mass is 14.7. The molecule has 1 saturated carbocycles. The first-order chi connectivity index (χ1) is 4.86. The average Bonchev–Trinajstić information content (AvgIpc) is 2.31. The van der Waals surface area contributed by atoms with Crippen molar-refractivity contribution < 1.29 is 0 Å². The Balaban J connectivity index is 2.04. The van der Waals surface area contributed by atoms with Gasteiger partial charge in [-0.1, -0.05) is 0 Å². The first kappa shape index (κ1) is 5.98. The Morgan fingerprint density at radius 1 is 1.50 bits per heavy atom. The summed E-state index contributed by atoms with van der Waals surface area (Å²) in [6, 6.07) is 4.63. The SMILES string of the molecule is NC1CC(c2ccc[nH]2)C1. The predicted molar refractivity (Wildman–Crippen MR) is 40.7 cm³/mol. The van der Waals surface area contributed by atoms with Crippen molar-refractivity contribution in [3.05, 3.63) is 24.0 Å². The van der Waals surface area contributed by atoms with E-state index in [9.17, 15) is 0 Å². The van der Waals surface area contributed by atoms with Gasteiger partial charge in [0.05, 0.1) is 0 Å². The first-order valence-electron chi connectivity index (χ1n) is 3.75. The van der Waals surface area contributed by atoms with E-state index in [1.54, 1.807) is 0 Å². The largest absolute Gasteiger partial charge is 0.365 e. The molecule has 0 aromatic carbocycles. The predicted octanol–water partition coefficient (Wildman–Crippen LogP) is 1.22. The number of H-pyrrole nitrogens is 1. The van der Waals surface area contributed by atoms with Crippen LogP contribution in [-0.4, -0.2) is 11.0 Å². The summed E-state index contributed by atoms with van der Waals surface area (Å²) >= 11 is 0. The summed E-state index contributed by atoms with van der Waals surface area (Å²) in [5, 5.41) is 0. The first-order valence-corrected chi connectivity index (χ1v) is 3.75. The van der Waals surface area contributed by atoms with E-state index >= 15 is 0 Å². The molecule has 1 heterocycles. The monoisotopic (exact) mass is 136 g/mol. The van der Waals surface area contributed by atoms with E-state index in [1.165, 1.54) is 5.69 Å². The summed E-state index contributed by atoms with van der Waals surface area (Å²) in [4.78, 5) is 3.20. The Labute approximate surface area is 60.4 Å². The minimum Gasteiger partial charge on any atom is -0.365 e. The molecule has 0 radical (unpaired) electrons. The van der Waals surface area contributed by atoms with Crippen molar-refractivity contribution >= 4 is 0 Å². The number of nitrogens with one attached hydrogen (secondary N) is 1. The van der Waals surface area contributed by atoms with Crippen molar-refractivity contribution in [2.75, 3.05) is 0 Å². The third kappa shape index (κ3) is 0.847. The highest BCUT2D eigenvalue weighted by molar-refractivity contribution is 5.14. The molecule has 0 bridgehead atoms. The molecule has 1 aromatic rings. The van der Waals surface area contributed by atoms with Gasteiger partial charge in [-0.25, -0.2) is 0 Å². The fourth-order valence-corrected chi connectivity index (χ4v) is 1.51. The lowest BCUT2D eigenvalue weighted by Gasteiger charge is -2.31. The Bertz CT molecular complexity index is 197. The Kier molecular flexibility index (Phi) is 1.27. The minimum atomic E-state index is 0.452. The molecule has 0 saturated heterocycles. The summed E-state index contributed by atoms with van der Waals surface area (Å²) in [7, 11) is 0. The molecule has 1 aliphatic carbocycles. The van der Waals surface area contributed by atoms with Crippen LogP contribution >= 0.6 is 0 Å². The van der Waals surface area contributed by atoms with Gasteiger partial charge in [-0.3, -0.25) is 0 Å². The molecule has 0 amide bonds. The topological polar surface area (TPSA) is 41.8 Å². The van der Waals surface area contributed by atoms with Crippen molar-refractivity contribution in [3.63, 3.8) is 0 Å². The van der Waals surface area contributed by atoms with Crippen LogP contribution in [0.4, 0.5) is 0 Å². The summed E-state index contributed by atoms with van der Waals surface area (Å²) < 4.78 is 0. The molecule has 2 rings (SSSR count). The summed E-state index contributed by atoms with van der Waals surface area (Å²) in [6.07, 6.45) is 4.28. The number of nitrogens with two attached hydrogens (primary N) is 1. The molecule has 1 aromatic heterocycles. The average molecular weight is 136 g/mol. The van der Waals surface area contributed by atoms with Crippen LogP contribution in [0.25, 0.3) is 0 Å². The molecule has 1 fully saturated rings. The second-order valence-corrected chi connectivity index (χ2v) is 3.05. The number of rotatable bonds is 1. The van der Waals surface area contributed by atoms with Gasteiger partial charge in [0.25, 0.3) is 0 Å². The van der Waals surface area contributed by atoms with E-state index in [1.807, 2.05) is 12.3 Å². The summed E-state index contributed by atoms with van der Waals surface area (Å²) in [5.74, 6) is 0.713. The zero-order valence-corrected chi connectivity index (χ0v) is 5.88. The van der Waals surface area contributed by atoms with Crippen molar-refractivity contribution in [3.8, 4) is 0 Å². The van der Waals surface area contributed by atoms with E-state index < -0.39 is 0 Å². The number of aromatic amines is 1. The zero-order valence-electron chi connectivity index (χ0n) is 5.88. The van der Waals surface area contributed by atoms with Gasteiger partial charge in [0.15, 0.2) is 0 Å². The molecule has 2 nitrogen and oxygen atoms in total. The molecule has 2 heteroatoms. The molecule has 0 unspecified atom stereocenters. The van der Waals surface area contributed by atoms with Crippen molar-refractivity contribution in [1.29, 1.82) is 0 Å². The lowest BCUT2D eigenvalue weighted by atomic mass is 9.79. The molecule has 0 spiro atoms. The van der Waals surface area contributed by atoms with Gasteiger partial charge in [-0.2, -0.15) is 0 Å². The van der Waals surface area contributed by atoms with Crippen molar-refractivity contribution in [2.45, 2.75) is 24.8 Å². The third-order valence-electron chi connectivity index (χ3n) is 2.24. The van der Waals surface area contributed by atoms with Crippen LogP contribution in [0.2, 0.25) is 0 Å². The molecule has 1 aliphatic rings. The summed E-state index contributed by atoms with van der Waals surface area (Å²) in [5.41, 5.74) is 7.01. The minimum absolute atomic E-state index is 0.452.